The highest BCUT2D eigenvalue weighted by Crippen LogP contribution is 2.24. The number of amides is 2. The second-order valence-electron chi connectivity index (χ2n) is 6.89. The first-order valence-corrected chi connectivity index (χ1v) is 10.8. The van der Waals surface area contributed by atoms with Gasteiger partial charge in [-0.15, -0.1) is 0 Å². The quantitative estimate of drug-likeness (QED) is 0.725. The van der Waals surface area contributed by atoms with E-state index in [-0.39, 0.29) is 11.9 Å². The van der Waals surface area contributed by atoms with Crippen LogP contribution in [0.15, 0.2) is 48.5 Å². The molecule has 2 N–H and O–H groups in total. The van der Waals surface area contributed by atoms with Crippen LogP contribution in [0.1, 0.15) is 41.0 Å². The summed E-state index contributed by atoms with van der Waals surface area (Å²) in [5.74, 6) is -0.185. The molecule has 0 unspecified atom stereocenters. The smallest absolute Gasteiger partial charge is 0.269 e. The van der Waals surface area contributed by atoms with Crippen LogP contribution >= 0.6 is 0 Å². The molecule has 1 aliphatic heterocycles. The normalized spacial score (nSPS) is 15.2. The van der Waals surface area contributed by atoms with Gasteiger partial charge in [-0.05, 0) is 68.8 Å². The molecule has 8 nitrogen and oxygen atoms in total. The monoisotopic (exact) mass is 417 g/mol. The molecule has 2 amide bonds. The number of carbonyl (C=O) groups is 2. The molecule has 2 aromatic rings. The van der Waals surface area contributed by atoms with Crippen LogP contribution in [-0.2, 0) is 10.0 Å². The molecule has 1 aliphatic rings. The van der Waals surface area contributed by atoms with Crippen LogP contribution < -0.4 is 19.9 Å². The summed E-state index contributed by atoms with van der Waals surface area (Å²) in [5, 5.41) is 0. The SMILES string of the molecule is CC(C)Oc1ccc(C(=O)NNC(=O)c2ccc(N3CCCS3(=O)=O)cc2)cc1. The average molecular weight is 417 g/mol. The molecule has 3 rings (SSSR count). The summed E-state index contributed by atoms with van der Waals surface area (Å²) in [7, 11) is -3.27. The molecule has 0 spiro atoms. The minimum absolute atomic E-state index is 0.0333. The largest absolute Gasteiger partial charge is 0.491 e. The Morgan fingerprint density at radius 2 is 1.45 bits per heavy atom. The predicted molar refractivity (Wildman–Crippen MR) is 109 cm³/mol. The molecule has 29 heavy (non-hydrogen) atoms. The van der Waals surface area contributed by atoms with E-state index in [0.29, 0.717) is 35.5 Å². The zero-order valence-electron chi connectivity index (χ0n) is 16.2. The van der Waals surface area contributed by atoms with Crippen molar-refractivity contribution in [2.75, 3.05) is 16.6 Å². The number of nitrogens with zero attached hydrogens (tertiary/aromatic N) is 1. The zero-order chi connectivity index (χ0) is 21.0. The van der Waals surface area contributed by atoms with E-state index in [0.717, 1.165) is 0 Å². The Morgan fingerprint density at radius 1 is 0.931 bits per heavy atom. The molecule has 1 fully saturated rings. The summed E-state index contributed by atoms with van der Waals surface area (Å²) in [6.07, 6.45) is 0.618. The Morgan fingerprint density at radius 3 is 1.90 bits per heavy atom. The highest BCUT2D eigenvalue weighted by atomic mass is 32.2. The number of ether oxygens (including phenoxy) is 1. The van der Waals surface area contributed by atoms with Crippen molar-refractivity contribution in [1.29, 1.82) is 0 Å². The maximum atomic E-state index is 12.2. The van der Waals surface area contributed by atoms with E-state index < -0.39 is 21.8 Å². The van der Waals surface area contributed by atoms with Crippen LogP contribution in [-0.4, -0.2) is 38.6 Å². The molecule has 1 heterocycles. The van der Waals surface area contributed by atoms with Crippen molar-refractivity contribution in [2.45, 2.75) is 26.4 Å². The van der Waals surface area contributed by atoms with Crippen LogP contribution in [0.2, 0.25) is 0 Å². The van der Waals surface area contributed by atoms with Gasteiger partial charge in [-0.2, -0.15) is 0 Å². The number of sulfonamides is 1. The zero-order valence-corrected chi connectivity index (χ0v) is 17.0. The standard InChI is InChI=1S/C20H23N3O5S/c1-14(2)28-18-10-6-16(7-11-18)20(25)22-21-19(24)15-4-8-17(9-5-15)23-12-3-13-29(23,26)27/h4-11,14H,3,12-13H2,1-2H3,(H,21,24)(H,22,25). The number of carbonyl (C=O) groups excluding carboxylic acids is 2. The van der Waals surface area contributed by atoms with E-state index in [4.69, 9.17) is 4.74 Å². The second kappa shape index (κ2) is 8.52. The van der Waals surface area contributed by atoms with Gasteiger partial charge in [0.2, 0.25) is 10.0 Å². The molecular formula is C20H23N3O5S. The van der Waals surface area contributed by atoms with E-state index >= 15 is 0 Å². The molecule has 0 saturated carbocycles. The molecule has 0 aromatic heterocycles. The fourth-order valence-electron chi connectivity index (χ4n) is 2.92. The Bertz CT molecular complexity index is 986. The number of hydrogen-bond acceptors (Lipinski definition) is 5. The first-order valence-electron chi connectivity index (χ1n) is 9.24. The number of hydrazine groups is 1. The molecule has 0 radical (unpaired) electrons. The fourth-order valence-corrected chi connectivity index (χ4v) is 4.49. The van der Waals surface area contributed by atoms with Crippen molar-refractivity contribution in [3.05, 3.63) is 59.7 Å². The third kappa shape index (κ3) is 5.05. The Hall–Kier alpha value is -3.07. The Kier molecular flexibility index (Phi) is 6.07. The van der Waals surface area contributed by atoms with E-state index in [1.807, 2.05) is 13.8 Å². The highest BCUT2D eigenvalue weighted by molar-refractivity contribution is 7.93. The van der Waals surface area contributed by atoms with Gasteiger partial charge >= 0.3 is 0 Å². The van der Waals surface area contributed by atoms with Crippen LogP contribution in [0.25, 0.3) is 0 Å². The first kappa shape index (κ1) is 20.7. The molecule has 9 heteroatoms. The minimum atomic E-state index is -3.27. The summed E-state index contributed by atoms with van der Waals surface area (Å²) < 4.78 is 30.8. The lowest BCUT2D eigenvalue weighted by molar-refractivity contribution is 0.0846. The van der Waals surface area contributed by atoms with Gasteiger partial charge in [0, 0.05) is 17.7 Å². The van der Waals surface area contributed by atoms with Crippen molar-refractivity contribution < 1.29 is 22.7 Å². The first-order chi connectivity index (χ1) is 13.8. The summed E-state index contributed by atoms with van der Waals surface area (Å²) in [6, 6.07) is 12.8. The molecule has 0 bridgehead atoms. The summed E-state index contributed by atoms with van der Waals surface area (Å²) in [6.45, 7) is 4.25. The molecule has 0 aliphatic carbocycles. The van der Waals surface area contributed by atoms with Gasteiger partial charge in [0.15, 0.2) is 0 Å². The van der Waals surface area contributed by atoms with Gasteiger partial charge in [0.05, 0.1) is 17.5 Å². The minimum Gasteiger partial charge on any atom is -0.491 e. The van der Waals surface area contributed by atoms with Crippen molar-refractivity contribution in [3.8, 4) is 5.75 Å². The van der Waals surface area contributed by atoms with E-state index in [2.05, 4.69) is 10.9 Å². The van der Waals surface area contributed by atoms with Crippen LogP contribution in [0, 0.1) is 0 Å². The van der Waals surface area contributed by atoms with Crippen LogP contribution in [0.4, 0.5) is 5.69 Å². The predicted octanol–water partition coefficient (Wildman–Crippen LogP) is 2.09. The van der Waals surface area contributed by atoms with Crippen molar-refractivity contribution >= 4 is 27.5 Å². The maximum absolute atomic E-state index is 12.2. The van der Waals surface area contributed by atoms with Gasteiger partial charge in [0.25, 0.3) is 11.8 Å². The van der Waals surface area contributed by atoms with E-state index in [1.54, 1.807) is 36.4 Å². The molecule has 0 atom stereocenters. The highest BCUT2D eigenvalue weighted by Gasteiger charge is 2.28. The fraction of sp³-hybridized carbons (Fsp3) is 0.300. The van der Waals surface area contributed by atoms with Crippen LogP contribution in [0.5, 0.6) is 5.75 Å². The summed E-state index contributed by atoms with van der Waals surface area (Å²) in [4.78, 5) is 24.4. The number of nitrogens with one attached hydrogen (secondary N) is 2. The van der Waals surface area contributed by atoms with E-state index in [9.17, 15) is 18.0 Å². The number of anilines is 1. The third-order valence-electron chi connectivity index (χ3n) is 4.29. The summed E-state index contributed by atoms with van der Waals surface area (Å²) in [5.41, 5.74) is 5.89. The Balaban J connectivity index is 1.57. The van der Waals surface area contributed by atoms with Gasteiger partial charge in [0.1, 0.15) is 5.75 Å². The van der Waals surface area contributed by atoms with Gasteiger partial charge in [-0.1, -0.05) is 0 Å². The van der Waals surface area contributed by atoms with Crippen molar-refractivity contribution in [1.82, 2.24) is 10.9 Å². The number of hydrogen-bond donors (Lipinski definition) is 2. The summed E-state index contributed by atoms with van der Waals surface area (Å²) >= 11 is 0. The number of rotatable bonds is 5. The van der Waals surface area contributed by atoms with E-state index in [1.165, 1.54) is 16.4 Å². The van der Waals surface area contributed by atoms with Gasteiger partial charge in [-0.3, -0.25) is 24.7 Å². The van der Waals surface area contributed by atoms with Crippen molar-refractivity contribution in [3.63, 3.8) is 0 Å². The molecular weight excluding hydrogens is 394 g/mol. The lowest BCUT2D eigenvalue weighted by atomic mass is 10.2. The lowest BCUT2D eigenvalue weighted by Gasteiger charge is -2.17. The molecule has 2 aromatic carbocycles. The Labute approximate surface area is 169 Å². The number of benzene rings is 2. The van der Waals surface area contributed by atoms with Gasteiger partial charge < -0.3 is 4.74 Å². The molecule has 154 valence electrons. The van der Waals surface area contributed by atoms with Crippen LogP contribution in [0.3, 0.4) is 0 Å². The third-order valence-corrected chi connectivity index (χ3v) is 6.16. The van der Waals surface area contributed by atoms with Gasteiger partial charge in [-0.25, -0.2) is 8.42 Å². The average Bonchev–Trinajstić information content (AvgIpc) is 3.05. The topological polar surface area (TPSA) is 105 Å². The lowest BCUT2D eigenvalue weighted by Crippen LogP contribution is -2.41. The second-order valence-corrected chi connectivity index (χ2v) is 8.90. The maximum Gasteiger partial charge on any atom is 0.269 e. The molecule has 1 saturated heterocycles. The van der Waals surface area contributed by atoms with Crippen molar-refractivity contribution in [2.24, 2.45) is 0 Å².